The van der Waals surface area contributed by atoms with Gasteiger partial charge < -0.3 is 15.3 Å². The van der Waals surface area contributed by atoms with E-state index in [4.69, 9.17) is 9.57 Å². The molecule has 0 saturated carbocycles. The third-order valence-electron chi connectivity index (χ3n) is 3.01. The number of rotatable bonds is 3. The van der Waals surface area contributed by atoms with Gasteiger partial charge in [-0.25, -0.2) is 9.63 Å². The highest BCUT2D eigenvalue weighted by Crippen LogP contribution is 2.27. The fourth-order valence-electron chi connectivity index (χ4n) is 2.07. The molecule has 0 aromatic heterocycles. The van der Waals surface area contributed by atoms with Crippen LogP contribution in [-0.2, 0) is 19.2 Å². The van der Waals surface area contributed by atoms with Crippen LogP contribution in [0.1, 0.15) is 47.5 Å². The Labute approximate surface area is 119 Å². The summed E-state index contributed by atoms with van der Waals surface area (Å²) in [5.74, 6) is -0.958. The minimum atomic E-state index is -1.23. The average Bonchev–Trinajstić information content (AvgIpc) is 2.28. The number of carbonyl (C=O) groups is 2. The molecule has 0 radical (unpaired) electrons. The summed E-state index contributed by atoms with van der Waals surface area (Å²) >= 11 is 0. The topological polar surface area (TPSA) is 87.7 Å². The predicted molar refractivity (Wildman–Crippen MR) is 71.7 cm³/mol. The van der Waals surface area contributed by atoms with Crippen LogP contribution < -0.4 is 5.32 Å². The number of carbonyl (C=O) groups excluding carboxylic acids is 2. The molecule has 7 heteroatoms. The quantitative estimate of drug-likeness (QED) is 0.479. The number of hydrogen-bond donors (Lipinski definition) is 1. The zero-order valence-corrected chi connectivity index (χ0v) is 12.8. The Morgan fingerprint density at radius 2 is 2.05 bits per heavy atom. The number of nitrogens with zero attached hydrogens (tertiary/aromatic N) is 1. The second-order valence-electron chi connectivity index (χ2n) is 6.05. The molecule has 1 aliphatic rings. The van der Waals surface area contributed by atoms with Crippen molar-refractivity contribution < 1.29 is 24.0 Å². The van der Waals surface area contributed by atoms with E-state index < -0.39 is 28.6 Å². The molecule has 0 spiro atoms. The summed E-state index contributed by atoms with van der Waals surface area (Å²) in [6.07, 6.45) is 0.341. The van der Waals surface area contributed by atoms with Crippen molar-refractivity contribution in [2.45, 2.75) is 65.3 Å². The lowest BCUT2D eigenvalue weighted by atomic mass is 10.1. The van der Waals surface area contributed by atoms with E-state index in [0.717, 1.165) is 0 Å². The molecular weight excluding hydrogens is 264 g/mol. The van der Waals surface area contributed by atoms with E-state index >= 15 is 0 Å². The smallest absolute Gasteiger partial charge is 0.368 e. The Morgan fingerprint density at radius 1 is 1.45 bits per heavy atom. The normalized spacial score (nSPS) is 28.6. The monoisotopic (exact) mass is 288 g/mol. The largest absolute Gasteiger partial charge is 0.596 e. The van der Waals surface area contributed by atoms with Crippen molar-refractivity contribution in [2.24, 2.45) is 0 Å². The van der Waals surface area contributed by atoms with Crippen LogP contribution in [0.5, 0.6) is 0 Å². The lowest BCUT2D eigenvalue weighted by molar-refractivity contribution is -1.10. The molecule has 3 unspecified atom stereocenters. The fraction of sp³-hybridized carbons (Fsp3) is 0.846. The zero-order chi connectivity index (χ0) is 15.6. The highest BCUT2D eigenvalue weighted by Gasteiger charge is 2.45. The molecule has 0 aromatic rings. The van der Waals surface area contributed by atoms with Crippen molar-refractivity contribution in [1.82, 2.24) is 5.32 Å². The highest BCUT2D eigenvalue weighted by molar-refractivity contribution is 5.75. The van der Waals surface area contributed by atoms with Crippen molar-refractivity contribution in [3.63, 3.8) is 0 Å². The Balaban J connectivity index is 2.86. The first-order valence-electron chi connectivity index (χ1n) is 6.80. The van der Waals surface area contributed by atoms with Gasteiger partial charge in [0, 0.05) is 20.3 Å². The molecular formula is C13H24N2O5. The van der Waals surface area contributed by atoms with Gasteiger partial charge in [-0.05, 0) is 27.2 Å². The van der Waals surface area contributed by atoms with Gasteiger partial charge in [0.15, 0.2) is 6.17 Å². The summed E-state index contributed by atoms with van der Waals surface area (Å²) < 4.78 is 5.22. The van der Waals surface area contributed by atoms with E-state index in [-0.39, 0.29) is 12.5 Å². The lowest BCUT2D eigenvalue weighted by Gasteiger charge is -2.50. The lowest BCUT2D eigenvalue weighted by Crippen LogP contribution is -2.66. The van der Waals surface area contributed by atoms with Crippen molar-refractivity contribution >= 4 is 11.9 Å². The molecule has 3 atom stereocenters. The Hall–Kier alpha value is -1.18. The van der Waals surface area contributed by atoms with Gasteiger partial charge >= 0.3 is 5.97 Å². The summed E-state index contributed by atoms with van der Waals surface area (Å²) in [5.41, 5.74) is -0.677. The molecule has 1 N–H and O–H groups in total. The molecule has 1 rings (SSSR count). The second-order valence-corrected chi connectivity index (χ2v) is 6.05. The van der Waals surface area contributed by atoms with Gasteiger partial charge in [-0.2, -0.15) is 4.81 Å². The molecule has 1 amide bonds. The van der Waals surface area contributed by atoms with Gasteiger partial charge in [0.1, 0.15) is 12.2 Å². The van der Waals surface area contributed by atoms with Crippen LogP contribution in [0.4, 0.5) is 0 Å². The van der Waals surface area contributed by atoms with Gasteiger partial charge in [0.2, 0.25) is 11.9 Å². The van der Waals surface area contributed by atoms with E-state index in [0.29, 0.717) is 12.8 Å². The zero-order valence-electron chi connectivity index (χ0n) is 12.8. The van der Waals surface area contributed by atoms with Crippen LogP contribution in [-0.4, -0.2) is 41.1 Å². The molecule has 1 saturated heterocycles. The van der Waals surface area contributed by atoms with Crippen molar-refractivity contribution in [2.75, 3.05) is 6.61 Å². The van der Waals surface area contributed by atoms with Gasteiger partial charge in [-0.3, -0.25) is 4.79 Å². The number of amides is 1. The summed E-state index contributed by atoms with van der Waals surface area (Å²) in [7, 11) is 0. The van der Waals surface area contributed by atoms with Crippen LogP contribution in [0, 0.1) is 5.21 Å². The van der Waals surface area contributed by atoms with E-state index in [1.165, 1.54) is 13.8 Å². The number of hydroxylamine groups is 4. The Morgan fingerprint density at radius 3 is 2.55 bits per heavy atom. The first-order chi connectivity index (χ1) is 9.06. The summed E-state index contributed by atoms with van der Waals surface area (Å²) in [6, 6.07) is -1.06. The molecule has 1 aliphatic heterocycles. The fourth-order valence-corrected chi connectivity index (χ4v) is 2.07. The predicted octanol–water partition coefficient (Wildman–Crippen LogP) is 1.22. The van der Waals surface area contributed by atoms with Crippen LogP contribution >= 0.6 is 0 Å². The van der Waals surface area contributed by atoms with E-state index in [1.54, 1.807) is 20.8 Å². The maximum atomic E-state index is 12.8. The first-order valence-corrected chi connectivity index (χ1v) is 6.80. The van der Waals surface area contributed by atoms with Crippen LogP contribution in [0.3, 0.4) is 0 Å². The highest BCUT2D eigenvalue weighted by atomic mass is 16.9. The molecule has 116 valence electrons. The maximum absolute atomic E-state index is 12.8. The average molecular weight is 288 g/mol. The molecule has 7 nitrogen and oxygen atoms in total. The van der Waals surface area contributed by atoms with Crippen LogP contribution in [0.2, 0.25) is 0 Å². The minimum Gasteiger partial charge on any atom is -0.596 e. The third-order valence-corrected chi connectivity index (χ3v) is 3.01. The first kappa shape index (κ1) is 16.9. The summed E-state index contributed by atoms with van der Waals surface area (Å²) in [5, 5.41) is 15.4. The molecule has 0 bridgehead atoms. The van der Waals surface area contributed by atoms with Gasteiger partial charge in [0.05, 0.1) is 0 Å². The van der Waals surface area contributed by atoms with Gasteiger partial charge in [0.25, 0.3) is 0 Å². The van der Waals surface area contributed by atoms with Crippen LogP contribution in [0.15, 0.2) is 0 Å². The summed E-state index contributed by atoms with van der Waals surface area (Å²) in [4.78, 5) is 27.3. The summed E-state index contributed by atoms with van der Waals surface area (Å²) in [6.45, 7) is 8.24. The number of ether oxygens (including phenoxy) is 1. The SMILES string of the molecule is CC(=O)NC1CCCO[N+]1([O-])C(C)C(=O)OC(C)(C)C. The van der Waals surface area contributed by atoms with Crippen molar-refractivity contribution in [1.29, 1.82) is 0 Å². The molecule has 0 aliphatic carbocycles. The van der Waals surface area contributed by atoms with E-state index in [1.807, 2.05) is 0 Å². The van der Waals surface area contributed by atoms with Crippen molar-refractivity contribution in [3.05, 3.63) is 5.21 Å². The van der Waals surface area contributed by atoms with E-state index in [2.05, 4.69) is 5.32 Å². The van der Waals surface area contributed by atoms with Gasteiger partial charge in [-0.15, -0.1) is 0 Å². The molecule has 20 heavy (non-hydrogen) atoms. The Bertz CT molecular complexity index is 379. The van der Waals surface area contributed by atoms with Gasteiger partial charge in [-0.1, -0.05) is 0 Å². The van der Waals surface area contributed by atoms with Crippen LogP contribution in [0.25, 0.3) is 0 Å². The Kier molecular flexibility index (Phi) is 5.12. The second kappa shape index (κ2) is 6.07. The molecule has 1 heterocycles. The molecule has 0 aromatic carbocycles. The molecule has 1 fully saturated rings. The third kappa shape index (κ3) is 4.16. The number of nitrogens with one attached hydrogen (secondary N) is 1. The minimum absolute atomic E-state index is 0.257. The maximum Gasteiger partial charge on any atom is 0.368 e. The van der Waals surface area contributed by atoms with E-state index in [9.17, 15) is 14.8 Å². The number of hydrogen-bond acceptors (Lipinski definition) is 5. The van der Waals surface area contributed by atoms with Crippen molar-refractivity contribution in [3.8, 4) is 0 Å². The standard InChI is InChI=1S/C13H24N2O5/c1-9(12(17)20-13(3,4)5)15(18)11(14-10(2)16)7-6-8-19-15/h9,11H,6-8H2,1-5H3,(H,14,16). The number of quaternary nitrogens is 1. The number of esters is 1.